The van der Waals surface area contributed by atoms with Crippen LogP contribution in [0.5, 0.6) is 5.75 Å². The summed E-state index contributed by atoms with van der Waals surface area (Å²) in [6.45, 7) is 8.16. The Bertz CT molecular complexity index is 759. The number of hydrogen-bond donors (Lipinski definition) is 2. The molecule has 5 heteroatoms. The van der Waals surface area contributed by atoms with Crippen molar-refractivity contribution in [2.45, 2.75) is 33.1 Å². The molecule has 1 amide bonds. The zero-order valence-electron chi connectivity index (χ0n) is 15.2. The molecule has 0 bridgehead atoms. The minimum atomic E-state index is -0.317. The summed E-state index contributed by atoms with van der Waals surface area (Å²) < 4.78 is 5.49. The topological polar surface area (TPSA) is 76.7 Å². The molecule has 0 unspecified atom stereocenters. The van der Waals surface area contributed by atoms with Gasteiger partial charge in [-0.15, -0.1) is 0 Å². The van der Waals surface area contributed by atoms with Crippen LogP contribution in [0.15, 0.2) is 53.6 Å². The number of anilines is 1. The zero-order chi connectivity index (χ0) is 18.4. The van der Waals surface area contributed by atoms with Gasteiger partial charge in [-0.1, -0.05) is 45.0 Å². The highest BCUT2D eigenvalue weighted by molar-refractivity contribution is 5.99. The lowest BCUT2D eigenvalue weighted by atomic mass is 9.87. The van der Waals surface area contributed by atoms with E-state index in [1.807, 2.05) is 36.4 Å². The van der Waals surface area contributed by atoms with Crippen LogP contribution in [0.2, 0.25) is 0 Å². The number of hydrazone groups is 1. The molecular weight excluding hydrogens is 314 g/mol. The first kappa shape index (κ1) is 18.5. The molecule has 5 nitrogen and oxygen atoms in total. The van der Waals surface area contributed by atoms with Gasteiger partial charge in [0.1, 0.15) is 5.75 Å². The Hall–Kier alpha value is -2.82. The first-order chi connectivity index (χ1) is 11.8. The molecule has 3 N–H and O–H groups in total. The van der Waals surface area contributed by atoms with E-state index < -0.39 is 0 Å². The molecular formula is C20H25N3O2. The van der Waals surface area contributed by atoms with Crippen LogP contribution in [0.1, 0.15) is 38.8 Å². The standard InChI is InChI=1S/C20H25N3O2/c1-14(15-6-5-7-17(21)12-15)22-23-19(24)13-25-18-10-8-16(9-11-18)20(2,3)4/h5-12H,13,21H2,1-4H3,(H,23,24)/b22-14+. The van der Waals surface area contributed by atoms with Crippen LogP contribution in [-0.2, 0) is 10.2 Å². The van der Waals surface area contributed by atoms with Crippen molar-refractivity contribution in [3.63, 3.8) is 0 Å². The molecule has 132 valence electrons. The summed E-state index contributed by atoms with van der Waals surface area (Å²) in [5.74, 6) is 0.336. The first-order valence-electron chi connectivity index (χ1n) is 8.18. The van der Waals surface area contributed by atoms with Gasteiger partial charge in [-0.05, 0) is 47.7 Å². The Balaban J connectivity index is 1.87. The highest BCUT2D eigenvalue weighted by Crippen LogP contribution is 2.24. The summed E-state index contributed by atoms with van der Waals surface area (Å²) in [5, 5.41) is 4.08. The number of ether oxygens (including phenoxy) is 1. The van der Waals surface area contributed by atoms with Crippen molar-refractivity contribution < 1.29 is 9.53 Å². The number of benzene rings is 2. The third kappa shape index (κ3) is 5.64. The molecule has 0 saturated carbocycles. The van der Waals surface area contributed by atoms with Crippen molar-refractivity contribution >= 4 is 17.3 Å². The van der Waals surface area contributed by atoms with Crippen molar-refractivity contribution in [2.24, 2.45) is 5.10 Å². The summed E-state index contributed by atoms with van der Waals surface area (Å²) >= 11 is 0. The normalized spacial score (nSPS) is 11.9. The fourth-order valence-electron chi connectivity index (χ4n) is 2.21. The monoisotopic (exact) mass is 339 g/mol. The second-order valence-electron chi connectivity index (χ2n) is 6.92. The van der Waals surface area contributed by atoms with E-state index in [2.05, 4.69) is 31.3 Å². The van der Waals surface area contributed by atoms with Crippen LogP contribution < -0.4 is 15.9 Å². The summed E-state index contributed by atoms with van der Waals surface area (Å²) in [6, 6.07) is 15.1. The molecule has 0 aromatic heterocycles. The lowest BCUT2D eigenvalue weighted by Crippen LogP contribution is -2.25. The molecule has 0 spiro atoms. The molecule has 0 fully saturated rings. The van der Waals surface area contributed by atoms with Crippen LogP contribution >= 0.6 is 0 Å². The zero-order valence-corrected chi connectivity index (χ0v) is 15.2. The lowest BCUT2D eigenvalue weighted by molar-refractivity contribution is -0.123. The van der Waals surface area contributed by atoms with Gasteiger partial charge in [-0.3, -0.25) is 4.79 Å². The number of nitrogens with two attached hydrogens (primary N) is 1. The summed E-state index contributed by atoms with van der Waals surface area (Å²) in [7, 11) is 0. The Morgan fingerprint density at radius 3 is 2.44 bits per heavy atom. The van der Waals surface area contributed by atoms with Crippen LogP contribution in [0.25, 0.3) is 0 Å². The van der Waals surface area contributed by atoms with Crippen molar-refractivity contribution in [3.8, 4) is 5.75 Å². The van der Waals surface area contributed by atoms with Gasteiger partial charge in [0.15, 0.2) is 6.61 Å². The number of nitrogens with zero attached hydrogens (tertiary/aromatic N) is 1. The number of rotatable bonds is 5. The molecule has 0 aliphatic rings. The molecule has 2 aromatic carbocycles. The quantitative estimate of drug-likeness (QED) is 0.497. The fourth-order valence-corrected chi connectivity index (χ4v) is 2.21. The summed E-state index contributed by atoms with van der Waals surface area (Å²) in [4.78, 5) is 11.9. The maximum absolute atomic E-state index is 11.9. The number of carbonyl (C=O) groups is 1. The van der Waals surface area contributed by atoms with E-state index in [4.69, 9.17) is 10.5 Å². The molecule has 0 heterocycles. The van der Waals surface area contributed by atoms with Gasteiger partial charge in [0.25, 0.3) is 5.91 Å². The van der Waals surface area contributed by atoms with Gasteiger partial charge in [0.2, 0.25) is 0 Å². The van der Waals surface area contributed by atoms with Crippen molar-refractivity contribution in [2.75, 3.05) is 12.3 Å². The van der Waals surface area contributed by atoms with Gasteiger partial charge in [-0.25, -0.2) is 5.43 Å². The van der Waals surface area contributed by atoms with Crippen molar-refractivity contribution in [1.82, 2.24) is 5.43 Å². The van der Waals surface area contributed by atoms with Gasteiger partial charge in [0.05, 0.1) is 5.71 Å². The minimum Gasteiger partial charge on any atom is -0.484 e. The number of nitrogens with one attached hydrogen (secondary N) is 1. The lowest BCUT2D eigenvalue weighted by Gasteiger charge is -2.19. The summed E-state index contributed by atoms with van der Waals surface area (Å²) in [6.07, 6.45) is 0. The molecule has 0 aliphatic heterocycles. The molecule has 0 radical (unpaired) electrons. The van der Waals surface area contributed by atoms with Gasteiger partial charge >= 0.3 is 0 Å². The van der Waals surface area contributed by atoms with Gasteiger partial charge in [-0.2, -0.15) is 5.10 Å². The van der Waals surface area contributed by atoms with E-state index in [0.717, 1.165) is 5.56 Å². The Kier molecular flexibility index (Phi) is 5.80. The van der Waals surface area contributed by atoms with Crippen LogP contribution in [0.4, 0.5) is 5.69 Å². The average molecular weight is 339 g/mol. The molecule has 25 heavy (non-hydrogen) atoms. The third-order valence-corrected chi connectivity index (χ3v) is 3.74. The van der Waals surface area contributed by atoms with Gasteiger partial charge in [0, 0.05) is 5.69 Å². The highest BCUT2D eigenvalue weighted by atomic mass is 16.5. The van der Waals surface area contributed by atoms with E-state index >= 15 is 0 Å². The SMILES string of the molecule is C/C(=N\NC(=O)COc1ccc(C(C)(C)C)cc1)c1cccc(N)c1. The highest BCUT2D eigenvalue weighted by Gasteiger charge is 2.13. The predicted octanol–water partition coefficient (Wildman–Crippen LogP) is 3.49. The minimum absolute atomic E-state index is 0.0863. The Morgan fingerprint density at radius 2 is 1.84 bits per heavy atom. The number of nitrogen functional groups attached to an aromatic ring is 1. The van der Waals surface area contributed by atoms with E-state index in [9.17, 15) is 4.79 Å². The molecule has 2 aromatic rings. The van der Waals surface area contributed by atoms with Crippen LogP contribution in [0.3, 0.4) is 0 Å². The number of carbonyl (C=O) groups excluding carboxylic acids is 1. The molecule has 2 rings (SSSR count). The number of hydrogen-bond acceptors (Lipinski definition) is 4. The molecule has 0 aliphatic carbocycles. The fraction of sp³-hybridized carbons (Fsp3) is 0.300. The first-order valence-corrected chi connectivity index (χ1v) is 8.18. The maximum Gasteiger partial charge on any atom is 0.277 e. The second-order valence-corrected chi connectivity index (χ2v) is 6.92. The smallest absolute Gasteiger partial charge is 0.277 e. The van der Waals surface area contributed by atoms with E-state index in [-0.39, 0.29) is 17.9 Å². The van der Waals surface area contributed by atoms with E-state index in [1.165, 1.54) is 5.56 Å². The third-order valence-electron chi connectivity index (χ3n) is 3.74. The summed E-state index contributed by atoms with van der Waals surface area (Å²) in [5.41, 5.74) is 11.7. The second kappa shape index (κ2) is 7.83. The van der Waals surface area contributed by atoms with Crippen molar-refractivity contribution in [1.29, 1.82) is 0 Å². The van der Waals surface area contributed by atoms with E-state index in [1.54, 1.807) is 19.1 Å². The molecule has 0 atom stereocenters. The van der Waals surface area contributed by atoms with Crippen LogP contribution in [0, 0.1) is 0 Å². The number of amides is 1. The maximum atomic E-state index is 11.9. The van der Waals surface area contributed by atoms with Crippen LogP contribution in [-0.4, -0.2) is 18.2 Å². The van der Waals surface area contributed by atoms with E-state index in [0.29, 0.717) is 17.1 Å². The van der Waals surface area contributed by atoms with Crippen molar-refractivity contribution in [3.05, 3.63) is 59.7 Å². The van der Waals surface area contributed by atoms with Gasteiger partial charge < -0.3 is 10.5 Å². The average Bonchev–Trinajstić information content (AvgIpc) is 2.57. The predicted molar refractivity (Wildman–Crippen MR) is 102 cm³/mol. The Morgan fingerprint density at radius 1 is 1.16 bits per heavy atom. The largest absolute Gasteiger partial charge is 0.484 e. The molecule has 0 saturated heterocycles. The Labute approximate surface area is 148 Å².